The molecule has 0 aliphatic carbocycles. The predicted molar refractivity (Wildman–Crippen MR) is 134 cm³/mol. The molecule has 0 amide bonds. The Hall–Kier alpha value is -3.49. The number of hydrogen-bond acceptors (Lipinski definition) is 0. The van der Waals surface area contributed by atoms with Crippen LogP contribution in [0.15, 0.2) is 84.9 Å². The van der Waals surface area contributed by atoms with Crippen LogP contribution in [-0.4, -0.2) is 0 Å². The molecule has 6 rings (SSSR count). The molecule has 0 saturated carbocycles. The lowest BCUT2D eigenvalue weighted by atomic mass is 9.89. The highest BCUT2D eigenvalue weighted by Crippen LogP contribution is 2.41. The summed E-state index contributed by atoms with van der Waals surface area (Å²) in [5.41, 5.74) is 8.56. The van der Waals surface area contributed by atoms with Gasteiger partial charge in [0.2, 0.25) is 22.1 Å². The minimum absolute atomic E-state index is 0.750. The molecule has 2 aromatic heterocycles. The third-order valence-corrected chi connectivity index (χ3v) is 6.93. The van der Waals surface area contributed by atoms with E-state index < -0.39 is 0 Å². The van der Waals surface area contributed by atoms with Crippen LogP contribution in [0.1, 0.15) is 5.56 Å². The number of halogens is 1. The van der Waals surface area contributed by atoms with Crippen molar-refractivity contribution in [3.8, 4) is 11.1 Å². The van der Waals surface area contributed by atoms with E-state index in [2.05, 4.69) is 109 Å². The van der Waals surface area contributed by atoms with Gasteiger partial charge in [0.05, 0.1) is 21.5 Å². The lowest BCUT2D eigenvalue weighted by Crippen LogP contribution is -2.31. The van der Waals surface area contributed by atoms with Crippen molar-refractivity contribution in [2.24, 2.45) is 14.1 Å². The third-order valence-electron chi connectivity index (χ3n) is 6.69. The Morgan fingerprint density at radius 3 is 1.59 bits per heavy atom. The summed E-state index contributed by atoms with van der Waals surface area (Å²) in [7, 11) is 4.29. The second-order valence-electron chi connectivity index (χ2n) is 8.58. The number of aryl methyl sites for hydroxylation is 3. The van der Waals surface area contributed by atoms with E-state index >= 15 is 0 Å². The van der Waals surface area contributed by atoms with E-state index in [1.54, 1.807) is 0 Å². The quantitative estimate of drug-likeness (QED) is 0.204. The number of pyridine rings is 2. The van der Waals surface area contributed by atoms with Gasteiger partial charge in [-0.2, -0.15) is 9.13 Å². The summed E-state index contributed by atoms with van der Waals surface area (Å²) in [5.74, 6) is 0. The minimum Gasteiger partial charge on any atom is -0.194 e. The van der Waals surface area contributed by atoms with Gasteiger partial charge in [0.25, 0.3) is 0 Å². The van der Waals surface area contributed by atoms with Crippen LogP contribution in [0.5, 0.6) is 0 Å². The normalized spacial score (nSPS) is 11.8. The fourth-order valence-electron chi connectivity index (χ4n) is 5.19. The smallest absolute Gasteiger partial charge is 0.194 e. The van der Waals surface area contributed by atoms with Crippen molar-refractivity contribution < 1.29 is 9.13 Å². The van der Waals surface area contributed by atoms with Crippen LogP contribution in [0.2, 0.25) is 5.02 Å². The van der Waals surface area contributed by atoms with Gasteiger partial charge in [-0.25, -0.2) is 0 Å². The summed E-state index contributed by atoms with van der Waals surface area (Å²) in [6.45, 7) is 2.16. The van der Waals surface area contributed by atoms with Crippen molar-refractivity contribution in [2.75, 3.05) is 0 Å². The average molecular weight is 435 g/mol. The molecule has 4 aromatic carbocycles. The molecule has 154 valence electrons. The summed E-state index contributed by atoms with van der Waals surface area (Å²) >= 11 is 6.56. The van der Waals surface area contributed by atoms with Gasteiger partial charge in [0, 0.05) is 40.4 Å². The largest absolute Gasteiger partial charge is 0.213 e. The maximum Gasteiger partial charge on any atom is 0.213 e. The van der Waals surface area contributed by atoms with E-state index in [-0.39, 0.29) is 0 Å². The maximum atomic E-state index is 6.56. The Morgan fingerprint density at radius 1 is 0.531 bits per heavy atom. The van der Waals surface area contributed by atoms with Gasteiger partial charge in [-0.3, -0.25) is 0 Å². The van der Waals surface area contributed by atoms with Crippen molar-refractivity contribution in [1.29, 1.82) is 0 Å². The number of fused-ring (bicyclic) bond motifs is 4. The summed E-state index contributed by atoms with van der Waals surface area (Å²) in [4.78, 5) is 0. The Balaban J connectivity index is 1.98. The molecule has 0 radical (unpaired) electrons. The molecular formula is C29H23ClN2+2. The van der Waals surface area contributed by atoms with E-state index in [0.717, 1.165) is 5.02 Å². The van der Waals surface area contributed by atoms with Gasteiger partial charge in [0.15, 0.2) is 0 Å². The Kier molecular flexibility index (Phi) is 4.21. The summed E-state index contributed by atoms with van der Waals surface area (Å²) in [6.07, 6.45) is 0. The zero-order valence-corrected chi connectivity index (χ0v) is 19.1. The number of benzene rings is 4. The van der Waals surface area contributed by atoms with Crippen LogP contribution >= 0.6 is 11.6 Å². The van der Waals surface area contributed by atoms with Gasteiger partial charge < -0.3 is 0 Å². The molecule has 6 aromatic rings. The first-order valence-corrected chi connectivity index (χ1v) is 11.2. The van der Waals surface area contributed by atoms with E-state index in [4.69, 9.17) is 11.6 Å². The summed E-state index contributed by atoms with van der Waals surface area (Å²) in [5, 5.41) is 5.65. The number of nitrogens with zero attached hydrogens (tertiary/aromatic N) is 2. The summed E-state index contributed by atoms with van der Waals surface area (Å²) < 4.78 is 4.57. The third kappa shape index (κ3) is 2.66. The van der Waals surface area contributed by atoms with E-state index in [1.165, 1.54) is 60.3 Å². The van der Waals surface area contributed by atoms with Gasteiger partial charge >= 0.3 is 0 Å². The lowest BCUT2D eigenvalue weighted by Gasteiger charge is -2.15. The molecule has 0 atom stereocenters. The highest BCUT2D eigenvalue weighted by molar-refractivity contribution is 6.32. The molecule has 0 N–H and O–H groups in total. The zero-order chi connectivity index (χ0) is 22.0. The molecule has 32 heavy (non-hydrogen) atoms. The zero-order valence-electron chi connectivity index (χ0n) is 18.4. The van der Waals surface area contributed by atoms with Gasteiger partial charge in [-0.15, -0.1) is 0 Å². The van der Waals surface area contributed by atoms with Gasteiger partial charge in [-0.1, -0.05) is 47.5 Å². The molecule has 0 fully saturated rings. The fraction of sp³-hybridized carbons (Fsp3) is 0.103. The maximum absolute atomic E-state index is 6.56. The molecule has 0 bridgehead atoms. The molecule has 0 unspecified atom stereocenters. The van der Waals surface area contributed by atoms with Crippen LogP contribution in [0.25, 0.3) is 54.7 Å². The molecule has 3 heteroatoms. The van der Waals surface area contributed by atoms with Crippen LogP contribution in [0.4, 0.5) is 0 Å². The van der Waals surface area contributed by atoms with Crippen LogP contribution < -0.4 is 9.13 Å². The van der Waals surface area contributed by atoms with Gasteiger partial charge in [0.1, 0.15) is 14.1 Å². The van der Waals surface area contributed by atoms with E-state index in [9.17, 15) is 0 Å². The lowest BCUT2D eigenvalue weighted by molar-refractivity contribution is -0.617. The molecule has 0 aliphatic heterocycles. The molecule has 2 nitrogen and oxygen atoms in total. The number of para-hydroxylation sites is 2. The first-order chi connectivity index (χ1) is 15.5. The second kappa shape index (κ2) is 7.01. The molecular weight excluding hydrogens is 412 g/mol. The Labute approximate surface area is 191 Å². The minimum atomic E-state index is 0.750. The van der Waals surface area contributed by atoms with Crippen molar-refractivity contribution in [2.45, 2.75) is 6.92 Å². The molecule has 0 spiro atoms. The van der Waals surface area contributed by atoms with Crippen molar-refractivity contribution >= 4 is 55.2 Å². The van der Waals surface area contributed by atoms with Crippen LogP contribution in [-0.2, 0) is 14.1 Å². The van der Waals surface area contributed by atoms with Gasteiger partial charge in [-0.05, 0) is 37.3 Å². The highest BCUT2D eigenvalue weighted by Gasteiger charge is 2.25. The molecule has 0 saturated heterocycles. The monoisotopic (exact) mass is 434 g/mol. The Bertz CT molecular complexity index is 1590. The average Bonchev–Trinajstić information content (AvgIpc) is 2.81. The standard InChI is InChI=1S/C29H23ClN2/c1-18-12-14-26-22(16-18)28(20-8-4-6-10-24(20)31(26)2)29-21-9-5-7-11-25(21)32(3)27-15-13-19(30)17-23(27)29/h4-17H,1-3H3/q+2. The highest BCUT2D eigenvalue weighted by atomic mass is 35.5. The fourth-order valence-corrected chi connectivity index (χ4v) is 5.36. The topological polar surface area (TPSA) is 7.76 Å². The summed E-state index contributed by atoms with van der Waals surface area (Å²) in [6, 6.07) is 30.3. The van der Waals surface area contributed by atoms with E-state index in [0.29, 0.717) is 0 Å². The van der Waals surface area contributed by atoms with Crippen LogP contribution in [0, 0.1) is 6.92 Å². The number of aromatic nitrogens is 2. The number of rotatable bonds is 1. The first kappa shape index (κ1) is 19.2. The predicted octanol–water partition coefficient (Wildman–Crippen LogP) is 6.58. The second-order valence-corrected chi connectivity index (χ2v) is 9.02. The first-order valence-electron chi connectivity index (χ1n) is 10.9. The molecule has 0 aliphatic rings. The van der Waals surface area contributed by atoms with Crippen molar-refractivity contribution in [3.63, 3.8) is 0 Å². The van der Waals surface area contributed by atoms with Crippen LogP contribution in [0.3, 0.4) is 0 Å². The Morgan fingerprint density at radius 2 is 1.00 bits per heavy atom. The van der Waals surface area contributed by atoms with E-state index in [1.807, 2.05) is 6.07 Å². The molecule has 2 heterocycles. The SMILES string of the molecule is Cc1ccc2c(c1)c(-c1c3ccccc3[n+](C)c3ccc(Cl)cc13)c1ccccc1[n+]2C. The van der Waals surface area contributed by atoms with Crippen molar-refractivity contribution in [3.05, 3.63) is 95.5 Å². The number of hydrogen-bond donors (Lipinski definition) is 0. The van der Waals surface area contributed by atoms with Crippen molar-refractivity contribution in [1.82, 2.24) is 0 Å².